The first-order chi connectivity index (χ1) is 10.0. The molecule has 110 valence electrons. The Hall–Kier alpha value is -1.79. The SMILES string of the molecule is CNc1ncc(C(=O)Nc2cc(OC)ccc2Br)cc1Cl. The summed E-state index contributed by atoms with van der Waals surface area (Å²) in [5.41, 5.74) is 0.974. The van der Waals surface area contributed by atoms with Gasteiger partial charge in [-0.2, -0.15) is 0 Å². The molecule has 0 bridgehead atoms. The molecule has 2 N–H and O–H groups in total. The second-order valence-electron chi connectivity index (χ2n) is 4.10. The van der Waals surface area contributed by atoms with E-state index >= 15 is 0 Å². The van der Waals surface area contributed by atoms with Gasteiger partial charge in [0.1, 0.15) is 11.6 Å². The molecule has 0 saturated heterocycles. The largest absolute Gasteiger partial charge is 0.497 e. The first kappa shape index (κ1) is 15.6. The third-order valence-electron chi connectivity index (χ3n) is 2.76. The molecule has 1 aromatic carbocycles. The number of hydrogen-bond acceptors (Lipinski definition) is 4. The maximum absolute atomic E-state index is 12.2. The molecule has 0 aliphatic rings. The van der Waals surface area contributed by atoms with Crippen molar-refractivity contribution in [3.8, 4) is 5.75 Å². The smallest absolute Gasteiger partial charge is 0.257 e. The van der Waals surface area contributed by atoms with Gasteiger partial charge in [-0.05, 0) is 34.1 Å². The fourth-order valence-electron chi connectivity index (χ4n) is 1.67. The van der Waals surface area contributed by atoms with Crippen LogP contribution in [0.25, 0.3) is 0 Å². The van der Waals surface area contributed by atoms with Crippen molar-refractivity contribution < 1.29 is 9.53 Å². The number of anilines is 2. The third kappa shape index (κ3) is 3.65. The monoisotopic (exact) mass is 369 g/mol. The lowest BCUT2D eigenvalue weighted by atomic mass is 10.2. The maximum Gasteiger partial charge on any atom is 0.257 e. The highest BCUT2D eigenvalue weighted by Gasteiger charge is 2.12. The zero-order valence-corrected chi connectivity index (χ0v) is 13.7. The van der Waals surface area contributed by atoms with Crippen LogP contribution in [0.4, 0.5) is 11.5 Å². The third-order valence-corrected chi connectivity index (χ3v) is 3.74. The van der Waals surface area contributed by atoms with Crippen molar-refractivity contribution in [2.24, 2.45) is 0 Å². The van der Waals surface area contributed by atoms with E-state index in [1.165, 1.54) is 6.20 Å². The summed E-state index contributed by atoms with van der Waals surface area (Å²) in [6.45, 7) is 0. The molecule has 0 unspecified atom stereocenters. The van der Waals surface area contributed by atoms with Gasteiger partial charge in [-0.3, -0.25) is 4.79 Å². The molecule has 1 amide bonds. The van der Waals surface area contributed by atoms with Gasteiger partial charge in [0.05, 0.1) is 23.4 Å². The molecule has 0 radical (unpaired) electrons. The quantitative estimate of drug-likeness (QED) is 0.859. The second kappa shape index (κ2) is 6.78. The van der Waals surface area contributed by atoms with Crippen molar-refractivity contribution in [1.29, 1.82) is 0 Å². The van der Waals surface area contributed by atoms with E-state index in [2.05, 4.69) is 31.5 Å². The Morgan fingerprint density at radius 2 is 2.14 bits per heavy atom. The number of aromatic nitrogens is 1. The lowest BCUT2D eigenvalue weighted by Gasteiger charge is -2.10. The van der Waals surface area contributed by atoms with Gasteiger partial charge in [-0.15, -0.1) is 0 Å². The van der Waals surface area contributed by atoms with Crippen molar-refractivity contribution in [2.45, 2.75) is 0 Å². The topological polar surface area (TPSA) is 63.2 Å². The predicted octanol–water partition coefficient (Wildman–Crippen LogP) is 3.80. The van der Waals surface area contributed by atoms with Crippen molar-refractivity contribution in [3.05, 3.63) is 45.5 Å². The van der Waals surface area contributed by atoms with E-state index in [4.69, 9.17) is 16.3 Å². The van der Waals surface area contributed by atoms with Gasteiger partial charge in [0.2, 0.25) is 0 Å². The van der Waals surface area contributed by atoms with Crippen LogP contribution in [-0.2, 0) is 0 Å². The van der Waals surface area contributed by atoms with Crippen molar-refractivity contribution in [3.63, 3.8) is 0 Å². The minimum atomic E-state index is -0.305. The Bertz CT molecular complexity index is 679. The molecule has 0 aliphatic carbocycles. The number of carbonyl (C=O) groups excluding carboxylic acids is 1. The number of hydrogen-bond donors (Lipinski definition) is 2. The molecule has 21 heavy (non-hydrogen) atoms. The van der Waals surface area contributed by atoms with E-state index in [1.807, 2.05) is 0 Å². The summed E-state index contributed by atoms with van der Waals surface area (Å²) in [4.78, 5) is 16.3. The number of carbonyl (C=O) groups is 1. The zero-order valence-electron chi connectivity index (χ0n) is 11.4. The van der Waals surface area contributed by atoms with E-state index in [0.717, 1.165) is 4.47 Å². The van der Waals surface area contributed by atoms with E-state index in [0.29, 0.717) is 27.8 Å². The lowest BCUT2D eigenvalue weighted by molar-refractivity contribution is 0.102. The van der Waals surface area contributed by atoms with Gasteiger partial charge in [-0.25, -0.2) is 4.98 Å². The van der Waals surface area contributed by atoms with Crippen LogP contribution < -0.4 is 15.4 Å². The van der Waals surface area contributed by atoms with Crippen molar-refractivity contribution in [2.75, 3.05) is 24.8 Å². The number of ether oxygens (including phenoxy) is 1. The van der Waals surface area contributed by atoms with Gasteiger partial charge in [0.25, 0.3) is 5.91 Å². The van der Waals surface area contributed by atoms with Crippen LogP contribution in [0.1, 0.15) is 10.4 Å². The molecule has 0 atom stereocenters. The number of nitrogens with one attached hydrogen (secondary N) is 2. The molecule has 0 fully saturated rings. The van der Waals surface area contributed by atoms with E-state index < -0.39 is 0 Å². The number of nitrogens with zero attached hydrogens (tertiary/aromatic N) is 1. The molecule has 1 aromatic heterocycles. The Labute approximate surface area is 135 Å². The standard InChI is InChI=1S/C14H13BrClN3O2/c1-17-13-11(16)5-8(7-18-13)14(20)19-12-6-9(21-2)3-4-10(12)15/h3-7H,1-2H3,(H,17,18)(H,19,20). The molecular formula is C14H13BrClN3O2. The summed E-state index contributed by atoms with van der Waals surface area (Å²) >= 11 is 9.40. The summed E-state index contributed by atoms with van der Waals surface area (Å²) in [6.07, 6.45) is 1.46. The highest BCUT2D eigenvalue weighted by Crippen LogP contribution is 2.28. The summed E-state index contributed by atoms with van der Waals surface area (Å²) < 4.78 is 5.89. The average molecular weight is 371 g/mol. The molecule has 0 aliphatic heterocycles. The van der Waals surface area contributed by atoms with E-state index in [1.54, 1.807) is 38.4 Å². The summed E-state index contributed by atoms with van der Waals surface area (Å²) in [6, 6.07) is 6.87. The number of methoxy groups -OCH3 is 1. The van der Waals surface area contributed by atoms with Crippen LogP contribution in [-0.4, -0.2) is 25.0 Å². The van der Waals surface area contributed by atoms with Gasteiger partial charge in [-0.1, -0.05) is 11.6 Å². The number of rotatable bonds is 4. The van der Waals surface area contributed by atoms with Crippen LogP contribution in [0.5, 0.6) is 5.75 Å². The van der Waals surface area contributed by atoms with Gasteiger partial charge in [0.15, 0.2) is 0 Å². The Balaban J connectivity index is 2.23. The summed E-state index contributed by atoms with van der Waals surface area (Å²) in [7, 11) is 3.27. The maximum atomic E-state index is 12.2. The van der Waals surface area contributed by atoms with Crippen LogP contribution >= 0.6 is 27.5 Å². The van der Waals surface area contributed by atoms with Crippen LogP contribution in [0.3, 0.4) is 0 Å². The zero-order chi connectivity index (χ0) is 15.4. The minimum Gasteiger partial charge on any atom is -0.497 e. The Morgan fingerprint density at radius 3 is 2.76 bits per heavy atom. The molecular weight excluding hydrogens is 358 g/mol. The molecule has 7 heteroatoms. The number of benzene rings is 1. The van der Waals surface area contributed by atoms with Crippen molar-refractivity contribution >= 4 is 44.9 Å². The van der Waals surface area contributed by atoms with Gasteiger partial charge >= 0.3 is 0 Å². The number of pyridine rings is 1. The predicted molar refractivity (Wildman–Crippen MR) is 87.4 cm³/mol. The van der Waals surface area contributed by atoms with Gasteiger partial charge < -0.3 is 15.4 Å². The molecule has 5 nitrogen and oxygen atoms in total. The Kier molecular flexibility index (Phi) is 5.03. The molecule has 2 aromatic rings. The molecule has 0 saturated carbocycles. The van der Waals surface area contributed by atoms with Crippen LogP contribution in [0, 0.1) is 0 Å². The molecule has 0 spiro atoms. The summed E-state index contributed by atoms with van der Waals surface area (Å²) in [5, 5.41) is 6.00. The van der Waals surface area contributed by atoms with Crippen LogP contribution in [0.15, 0.2) is 34.9 Å². The summed E-state index contributed by atoms with van der Waals surface area (Å²) in [5.74, 6) is 0.868. The molecule has 2 rings (SSSR count). The lowest BCUT2D eigenvalue weighted by Crippen LogP contribution is -2.13. The number of halogens is 2. The van der Waals surface area contributed by atoms with Crippen LogP contribution in [0.2, 0.25) is 5.02 Å². The highest BCUT2D eigenvalue weighted by atomic mass is 79.9. The fourth-order valence-corrected chi connectivity index (χ4v) is 2.27. The normalized spacial score (nSPS) is 10.1. The first-order valence-electron chi connectivity index (χ1n) is 6.03. The number of amides is 1. The van der Waals surface area contributed by atoms with Crippen molar-refractivity contribution in [1.82, 2.24) is 4.98 Å². The van der Waals surface area contributed by atoms with E-state index in [9.17, 15) is 4.79 Å². The second-order valence-corrected chi connectivity index (χ2v) is 5.37. The molecule has 1 heterocycles. The van der Waals surface area contributed by atoms with E-state index in [-0.39, 0.29) is 5.91 Å². The first-order valence-corrected chi connectivity index (χ1v) is 7.20. The minimum absolute atomic E-state index is 0.305. The highest BCUT2D eigenvalue weighted by molar-refractivity contribution is 9.10. The van der Waals surface area contributed by atoms with Gasteiger partial charge in [0, 0.05) is 23.8 Å². The average Bonchev–Trinajstić information content (AvgIpc) is 2.49. The Morgan fingerprint density at radius 1 is 1.38 bits per heavy atom. The fraction of sp³-hybridized carbons (Fsp3) is 0.143.